The van der Waals surface area contributed by atoms with Crippen molar-refractivity contribution >= 4 is 46.6 Å². The molecule has 0 saturated carbocycles. The third-order valence-electron chi connectivity index (χ3n) is 5.23. The van der Waals surface area contributed by atoms with Crippen molar-refractivity contribution < 1.29 is 0 Å². The number of hydrogen-bond donors (Lipinski definition) is 2. The number of anilines is 3. The van der Waals surface area contributed by atoms with Gasteiger partial charge in [-0.1, -0.05) is 30.1 Å². The van der Waals surface area contributed by atoms with E-state index in [9.17, 15) is 0 Å². The second-order valence-corrected chi connectivity index (χ2v) is 8.22. The van der Waals surface area contributed by atoms with Crippen LogP contribution in [0.3, 0.4) is 0 Å². The first-order valence-corrected chi connectivity index (χ1v) is 10.9. The number of likely N-dealkylation sites (tertiary alicyclic amines) is 1. The van der Waals surface area contributed by atoms with E-state index in [1.54, 1.807) is 19.2 Å². The molecule has 0 atom stereocenters. The predicted molar refractivity (Wildman–Crippen MR) is 127 cm³/mol. The molecule has 2 aromatic rings. The Morgan fingerprint density at radius 1 is 1.20 bits per heavy atom. The van der Waals surface area contributed by atoms with Crippen molar-refractivity contribution in [2.24, 2.45) is 4.99 Å². The lowest BCUT2D eigenvalue weighted by Crippen LogP contribution is -2.39. The molecule has 162 valence electrons. The number of halogens is 2. The fourth-order valence-corrected chi connectivity index (χ4v) is 3.77. The van der Waals surface area contributed by atoms with Gasteiger partial charge in [0.2, 0.25) is 11.9 Å². The molecular formula is C21H29Cl2N7. The smallest absolute Gasteiger partial charge is 0.234 e. The summed E-state index contributed by atoms with van der Waals surface area (Å²) in [4.78, 5) is 18.0. The summed E-state index contributed by atoms with van der Waals surface area (Å²) < 4.78 is 0. The second-order valence-electron chi connectivity index (χ2n) is 7.41. The minimum absolute atomic E-state index is 0.425. The number of rotatable bonds is 5. The van der Waals surface area contributed by atoms with E-state index in [0.717, 1.165) is 49.7 Å². The maximum absolute atomic E-state index is 6.13. The minimum Gasteiger partial charge on any atom is -0.367 e. The molecule has 0 aliphatic carbocycles. The average molecular weight is 450 g/mol. The molecule has 0 radical (unpaired) electrons. The van der Waals surface area contributed by atoms with Crippen LogP contribution in [0.5, 0.6) is 0 Å². The number of aliphatic imine (C=N–C) groups is 1. The van der Waals surface area contributed by atoms with Gasteiger partial charge in [0.1, 0.15) is 5.82 Å². The van der Waals surface area contributed by atoms with Crippen molar-refractivity contribution in [2.75, 3.05) is 49.3 Å². The van der Waals surface area contributed by atoms with Gasteiger partial charge in [0.05, 0.1) is 10.0 Å². The molecule has 0 spiro atoms. The highest BCUT2D eigenvalue weighted by Gasteiger charge is 2.19. The number of benzene rings is 1. The molecule has 0 amide bonds. The van der Waals surface area contributed by atoms with Crippen molar-refractivity contribution in [1.29, 1.82) is 0 Å². The van der Waals surface area contributed by atoms with Crippen LogP contribution in [0.4, 0.5) is 17.5 Å². The summed E-state index contributed by atoms with van der Waals surface area (Å²) in [5.74, 6) is 2.00. The Labute approximate surface area is 188 Å². The van der Waals surface area contributed by atoms with E-state index in [-0.39, 0.29) is 0 Å². The van der Waals surface area contributed by atoms with Crippen LogP contribution in [-0.4, -0.2) is 60.6 Å². The molecule has 1 aromatic heterocycles. The second kappa shape index (κ2) is 10.3. The van der Waals surface area contributed by atoms with Gasteiger partial charge in [-0.2, -0.15) is 4.98 Å². The van der Waals surface area contributed by atoms with Crippen molar-refractivity contribution in [3.63, 3.8) is 0 Å². The lowest BCUT2D eigenvalue weighted by atomic mass is 10.1. The van der Waals surface area contributed by atoms with Gasteiger partial charge in [-0.15, -0.1) is 0 Å². The van der Waals surface area contributed by atoms with Crippen molar-refractivity contribution in [2.45, 2.75) is 32.7 Å². The van der Waals surface area contributed by atoms with Crippen LogP contribution in [0.1, 0.15) is 25.5 Å². The number of nitrogens with zero attached hydrogens (tertiary/aromatic N) is 5. The number of piperidine rings is 1. The van der Waals surface area contributed by atoms with Crippen LogP contribution in [0.2, 0.25) is 10.0 Å². The molecular weight excluding hydrogens is 421 g/mol. The SMILES string of the molecule is CCN1CCC(Nc2cc(C)nc(N(C)C(=NC)Nc3ccc(Cl)c(Cl)c3)n2)CC1. The van der Waals surface area contributed by atoms with Gasteiger partial charge < -0.3 is 15.5 Å². The lowest BCUT2D eigenvalue weighted by molar-refractivity contribution is 0.229. The molecule has 1 saturated heterocycles. The Hall–Kier alpha value is -2.09. The van der Waals surface area contributed by atoms with Crippen LogP contribution in [-0.2, 0) is 0 Å². The summed E-state index contributed by atoms with van der Waals surface area (Å²) in [5, 5.41) is 7.82. The highest BCUT2D eigenvalue weighted by molar-refractivity contribution is 6.42. The van der Waals surface area contributed by atoms with Gasteiger partial charge in [0.25, 0.3) is 0 Å². The van der Waals surface area contributed by atoms with E-state index in [1.165, 1.54) is 0 Å². The Bertz CT molecular complexity index is 895. The molecule has 0 unspecified atom stereocenters. The van der Waals surface area contributed by atoms with Gasteiger partial charge in [-0.3, -0.25) is 9.89 Å². The topological polar surface area (TPSA) is 68.7 Å². The molecule has 7 nitrogen and oxygen atoms in total. The van der Waals surface area contributed by atoms with E-state index in [4.69, 9.17) is 28.2 Å². The zero-order valence-corrected chi connectivity index (χ0v) is 19.4. The molecule has 9 heteroatoms. The minimum atomic E-state index is 0.425. The molecule has 30 heavy (non-hydrogen) atoms. The van der Waals surface area contributed by atoms with E-state index < -0.39 is 0 Å². The van der Waals surface area contributed by atoms with Crippen LogP contribution in [0, 0.1) is 6.92 Å². The summed E-state index contributed by atoms with van der Waals surface area (Å²) >= 11 is 12.1. The van der Waals surface area contributed by atoms with Crippen LogP contribution in [0.15, 0.2) is 29.3 Å². The monoisotopic (exact) mass is 449 g/mol. The first kappa shape index (κ1) is 22.6. The maximum Gasteiger partial charge on any atom is 0.234 e. The molecule has 1 aliphatic rings. The normalized spacial score (nSPS) is 15.9. The number of hydrogen-bond acceptors (Lipinski definition) is 5. The Morgan fingerprint density at radius 2 is 1.93 bits per heavy atom. The average Bonchev–Trinajstić information content (AvgIpc) is 2.74. The summed E-state index contributed by atoms with van der Waals surface area (Å²) in [6.07, 6.45) is 2.23. The molecule has 0 bridgehead atoms. The lowest BCUT2D eigenvalue weighted by Gasteiger charge is -2.32. The molecule has 1 aromatic carbocycles. The summed E-state index contributed by atoms with van der Waals surface area (Å²) in [5.41, 5.74) is 1.68. The standard InChI is InChI=1S/C21H29Cl2N7/c1-5-30-10-8-15(9-11-30)26-19-12-14(2)25-21(28-19)29(4)20(24-3)27-16-6-7-17(22)18(23)13-16/h6-7,12-13,15H,5,8-11H2,1-4H3,(H,24,27)(H,25,26,28). The van der Waals surface area contributed by atoms with Gasteiger partial charge in [-0.25, -0.2) is 4.98 Å². The maximum atomic E-state index is 6.13. The van der Waals surface area contributed by atoms with Crippen molar-refractivity contribution in [1.82, 2.24) is 14.9 Å². The van der Waals surface area contributed by atoms with Gasteiger partial charge in [0.15, 0.2) is 0 Å². The largest absolute Gasteiger partial charge is 0.367 e. The van der Waals surface area contributed by atoms with Gasteiger partial charge in [0, 0.05) is 50.7 Å². The molecule has 1 fully saturated rings. The van der Waals surface area contributed by atoms with Crippen LogP contribution >= 0.6 is 23.2 Å². The predicted octanol–water partition coefficient (Wildman–Crippen LogP) is 4.52. The molecule has 3 rings (SSSR count). The molecule has 2 heterocycles. The van der Waals surface area contributed by atoms with E-state index in [0.29, 0.717) is 28.0 Å². The third kappa shape index (κ3) is 5.74. The fourth-order valence-electron chi connectivity index (χ4n) is 3.47. The Kier molecular flexibility index (Phi) is 7.75. The quantitative estimate of drug-likeness (QED) is 0.516. The molecule has 2 N–H and O–H groups in total. The zero-order chi connectivity index (χ0) is 21.7. The van der Waals surface area contributed by atoms with Crippen molar-refractivity contribution in [3.8, 4) is 0 Å². The van der Waals surface area contributed by atoms with E-state index in [1.807, 2.05) is 31.0 Å². The first-order valence-electron chi connectivity index (χ1n) is 10.2. The number of aryl methyl sites for hydroxylation is 1. The van der Waals surface area contributed by atoms with E-state index in [2.05, 4.69) is 32.4 Å². The number of nitrogens with one attached hydrogen (secondary N) is 2. The summed E-state index contributed by atoms with van der Waals surface area (Å²) in [6, 6.07) is 7.76. The Morgan fingerprint density at radius 3 is 2.57 bits per heavy atom. The highest BCUT2D eigenvalue weighted by Crippen LogP contribution is 2.25. The van der Waals surface area contributed by atoms with Crippen molar-refractivity contribution in [3.05, 3.63) is 40.0 Å². The summed E-state index contributed by atoms with van der Waals surface area (Å²) in [6.45, 7) is 7.53. The van der Waals surface area contributed by atoms with Gasteiger partial charge >= 0.3 is 0 Å². The Balaban J connectivity index is 1.72. The van der Waals surface area contributed by atoms with E-state index >= 15 is 0 Å². The number of aromatic nitrogens is 2. The van der Waals surface area contributed by atoms with Gasteiger partial charge in [-0.05, 0) is 44.5 Å². The third-order valence-corrected chi connectivity index (χ3v) is 5.97. The number of guanidine groups is 1. The van der Waals surface area contributed by atoms with Crippen LogP contribution < -0.4 is 15.5 Å². The van der Waals surface area contributed by atoms with Crippen LogP contribution in [0.25, 0.3) is 0 Å². The first-order chi connectivity index (χ1) is 14.4. The highest BCUT2D eigenvalue weighted by atomic mass is 35.5. The molecule has 1 aliphatic heterocycles. The zero-order valence-electron chi connectivity index (χ0n) is 17.9. The fraction of sp³-hybridized carbons (Fsp3) is 0.476. The summed E-state index contributed by atoms with van der Waals surface area (Å²) in [7, 11) is 3.60.